The minimum atomic E-state index is -0.919. The van der Waals surface area contributed by atoms with Crippen molar-refractivity contribution in [2.75, 3.05) is 0 Å². The maximum Gasteiger partial charge on any atom is 0.339 e. The summed E-state index contributed by atoms with van der Waals surface area (Å²) in [6.45, 7) is 0. The highest BCUT2D eigenvalue weighted by Gasteiger charge is 2.08. The van der Waals surface area contributed by atoms with Crippen LogP contribution in [-0.2, 0) is 7.05 Å². The zero-order valence-electron chi connectivity index (χ0n) is 9.68. The van der Waals surface area contributed by atoms with Gasteiger partial charge >= 0.3 is 11.1 Å². The smallest absolute Gasteiger partial charge is 0.265 e. The lowest BCUT2D eigenvalue weighted by Gasteiger charge is -2.06. The lowest BCUT2D eigenvalue weighted by Crippen LogP contribution is -2.33. The Labute approximate surface area is 110 Å². The number of halogens is 1. The fraction of sp³-hybridized carbons (Fsp3) is 0.0909. The summed E-state index contributed by atoms with van der Waals surface area (Å²) in [5.41, 5.74) is -1.58. The van der Waals surface area contributed by atoms with Crippen molar-refractivity contribution >= 4 is 11.8 Å². The minimum absolute atomic E-state index is 0.164. The van der Waals surface area contributed by atoms with Gasteiger partial charge in [0, 0.05) is 11.9 Å². The molecule has 0 aliphatic rings. The van der Waals surface area contributed by atoms with Crippen LogP contribution in [0.4, 0.5) is 4.39 Å². The standard InChI is InChI=1S/C11H7FN4O2S/c1-16-11(14-9(17)10(18)15-16)19-8-3-6(5-13)2-7(12)4-8/h2-4H,1H3,(H,15,18). The van der Waals surface area contributed by atoms with Crippen LogP contribution in [0.3, 0.4) is 0 Å². The number of H-pyrrole nitrogens is 1. The molecule has 1 heterocycles. The normalized spacial score (nSPS) is 10.2. The van der Waals surface area contributed by atoms with Crippen LogP contribution in [0.25, 0.3) is 0 Å². The molecular weight excluding hydrogens is 271 g/mol. The highest BCUT2D eigenvalue weighted by molar-refractivity contribution is 7.99. The van der Waals surface area contributed by atoms with Gasteiger partial charge < -0.3 is 0 Å². The number of aromatic amines is 1. The molecule has 0 radical (unpaired) electrons. The van der Waals surface area contributed by atoms with E-state index in [1.807, 2.05) is 6.07 Å². The van der Waals surface area contributed by atoms with E-state index in [2.05, 4.69) is 10.1 Å². The second kappa shape index (κ2) is 5.07. The molecule has 0 saturated carbocycles. The molecule has 1 N–H and O–H groups in total. The number of rotatable bonds is 2. The Morgan fingerprint density at radius 1 is 1.42 bits per heavy atom. The Morgan fingerprint density at radius 3 is 2.84 bits per heavy atom. The van der Waals surface area contributed by atoms with E-state index in [0.29, 0.717) is 4.90 Å². The van der Waals surface area contributed by atoms with E-state index in [4.69, 9.17) is 5.26 Å². The summed E-state index contributed by atoms with van der Waals surface area (Å²) in [7, 11) is 1.50. The first kappa shape index (κ1) is 13.0. The fourth-order valence-corrected chi connectivity index (χ4v) is 2.22. The summed E-state index contributed by atoms with van der Waals surface area (Å²) in [6.07, 6.45) is 0. The molecule has 2 aromatic rings. The highest BCUT2D eigenvalue weighted by Crippen LogP contribution is 2.25. The Bertz CT molecular complexity index is 791. The molecule has 0 amide bonds. The Morgan fingerprint density at radius 2 is 2.16 bits per heavy atom. The lowest BCUT2D eigenvalue weighted by molar-refractivity contribution is 0.596. The van der Waals surface area contributed by atoms with Crippen molar-refractivity contribution in [1.29, 1.82) is 5.26 Å². The average molecular weight is 278 g/mol. The van der Waals surface area contributed by atoms with Gasteiger partial charge in [-0.05, 0) is 30.0 Å². The summed E-state index contributed by atoms with van der Waals surface area (Å²) >= 11 is 0.971. The maximum absolute atomic E-state index is 13.3. The number of nitrogens with one attached hydrogen (secondary N) is 1. The molecule has 8 heteroatoms. The quantitative estimate of drug-likeness (QED) is 0.813. The Hall–Kier alpha value is -2.40. The van der Waals surface area contributed by atoms with Gasteiger partial charge in [0.2, 0.25) is 0 Å². The highest BCUT2D eigenvalue weighted by atomic mass is 32.2. The topological polar surface area (TPSA) is 91.5 Å². The minimum Gasteiger partial charge on any atom is -0.265 e. The molecule has 2 rings (SSSR count). The molecule has 0 saturated heterocycles. The van der Waals surface area contributed by atoms with Crippen LogP contribution in [0.2, 0.25) is 0 Å². The lowest BCUT2D eigenvalue weighted by atomic mass is 10.2. The molecule has 6 nitrogen and oxygen atoms in total. The molecule has 19 heavy (non-hydrogen) atoms. The summed E-state index contributed by atoms with van der Waals surface area (Å²) in [5, 5.41) is 11.2. The van der Waals surface area contributed by atoms with E-state index >= 15 is 0 Å². The Balaban J connectivity index is 2.45. The van der Waals surface area contributed by atoms with Gasteiger partial charge in [0.1, 0.15) is 5.82 Å². The van der Waals surface area contributed by atoms with Gasteiger partial charge in [-0.25, -0.2) is 4.39 Å². The van der Waals surface area contributed by atoms with Gasteiger partial charge in [-0.3, -0.25) is 19.4 Å². The van der Waals surface area contributed by atoms with E-state index in [1.165, 1.54) is 23.9 Å². The van der Waals surface area contributed by atoms with Crippen molar-refractivity contribution < 1.29 is 4.39 Å². The summed E-state index contributed by atoms with van der Waals surface area (Å²) in [5.74, 6) is -0.559. The third-order valence-electron chi connectivity index (χ3n) is 2.16. The second-order valence-corrected chi connectivity index (χ2v) is 4.63. The summed E-state index contributed by atoms with van der Waals surface area (Å²) < 4.78 is 14.5. The van der Waals surface area contributed by atoms with E-state index in [1.54, 1.807) is 0 Å². The first-order valence-electron chi connectivity index (χ1n) is 5.05. The third-order valence-corrected chi connectivity index (χ3v) is 3.18. The molecule has 0 atom stereocenters. The number of hydrogen-bond donors (Lipinski definition) is 1. The number of hydrogen-bond acceptors (Lipinski definition) is 5. The van der Waals surface area contributed by atoms with Gasteiger partial charge in [0.05, 0.1) is 11.6 Å². The molecule has 1 aromatic heterocycles. The molecule has 96 valence electrons. The van der Waals surface area contributed by atoms with Crippen molar-refractivity contribution in [1.82, 2.24) is 14.8 Å². The van der Waals surface area contributed by atoms with Crippen molar-refractivity contribution in [3.8, 4) is 6.07 Å². The van der Waals surface area contributed by atoms with Crippen LogP contribution >= 0.6 is 11.8 Å². The SMILES string of the molecule is Cn1[nH]c(=O)c(=O)nc1Sc1cc(F)cc(C#N)c1. The van der Waals surface area contributed by atoms with Crippen molar-refractivity contribution in [3.05, 3.63) is 50.3 Å². The molecule has 0 bridgehead atoms. The van der Waals surface area contributed by atoms with Gasteiger partial charge in [-0.1, -0.05) is 0 Å². The van der Waals surface area contributed by atoms with Crippen LogP contribution in [-0.4, -0.2) is 14.8 Å². The fourth-order valence-electron chi connectivity index (χ4n) is 1.34. The number of nitriles is 1. The zero-order chi connectivity index (χ0) is 14.0. The summed E-state index contributed by atoms with van der Waals surface area (Å²) in [4.78, 5) is 26.2. The van der Waals surface area contributed by atoms with Gasteiger partial charge in [0.25, 0.3) is 0 Å². The van der Waals surface area contributed by atoms with Crippen LogP contribution in [0.5, 0.6) is 0 Å². The van der Waals surface area contributed by atoms with Crippen LogP contribution < -0.4 is 11.1 Å². The predicted molar refractivity (Wildman–Crippen MR) is 65.3 cm³/mol. The first-order valence-corrected chi connectivity index (χ1v) is 5.87. The third kappa shape index (κ3) is 2.89. The van der Waals surface area contributed by atoms with Crippen LogP contribution in [0, 0.1) is 17.1 Å². The molecule has 0 spiro atoms. The first-order chi connectivity index (χ1) is 8.99. The number of nitrogens with zero attached hydrogens (tertiary/aromatic N) is 3. The number of benzene rings is 1. The largest absolute Gasteiger partial charge is 0.339 e. The van der Waals surface area contributed by atoms with E-state index in [-0.39, 0.29) is 10.7 Å². The second-order valence-electron chi connectivity index (χ2n) is 3.59. The number of aryl methyl sites for hydroxylation is 1. The van der Waals surface area contributed by atoms with E-state index < -0.39 is 16.9 Å². The molecule has 0 unspecified atom stereocenters. The molecule has 1 aromatic carbocycles. The van der Waals surface area contributed by atoms with E-state index in [0.717, 1.165) is 17.8 Å². The van der Waals surface area contributed by atoms with E-state index in [9.17, 15) is 14.0 Å². The molecule has 0 fully saturated rings. The zero-order valence-corrected chi connectivity index (χ0v) is 10.5. The van der Waals surface area contributed by atoms with Crippen molar-refractivity contribution in [2.45, 2.75) is 10.1 Å². The molecule has 0 aliphatic heterocycles. The monoisotopic (exact) mass is 278 g/mol. The molecule has 0 aliphatic carbocycles. The van der Waals surface area contributed by atoms with Crippen LogP contribution in [0.15, 0.2) is 37.8 Å². The Kier molecular flexibility index (Phi) is 3.48. The van der Waals surface area contributed by atoms with Crippen molar-refractivity contribution in [3.63, 3.8) is 0 Å². The van der Waals surface area contributed by atoms with Crippen LogP contribution in [0.1, 0.15) is 5.56 Å². The van der Waals surface area contributed by atoms with Gasteiger partial charge in [-0.15, -0.1) is 0 Å². The average Bonchev–Trinajstić information content (AvgIpc) is 2.35. The predicted octanol–water partition coefficient (Wildman–Crippen LogP) is 0.631. The summed E-state index contributed by atoms with van der Waals surface area (Å²) in [6, 6.07) is 5.60. The number of aromatic nitrogens is 3. The van der Waals surface area contributed by atoms with Crippen molar-refractivity contribution in [2.24, 2.45) is 7.05 Å². The molecular formula is C11H7FN4O2S. The maximum atomic E-state index is 13.3. The van der Waals surface area contributed by atoms with Gasteiger partial charge in [0.15, 0.2) is 5.16 Å². The van der Waals surface area contributed by atoms with Gasteiger partial charge in [-0.2, -0.15) is 10.2 Å².